The maximum absolute atomic E-state index is 9.89. The second-order valence-corrected chi connectivity index (χ2v) is 4.41. The Morgan fingerprint density at radius 1 is 0.952 bits per heavy atom. The maximum atomic E-state index is 9.89. The van der Waals surface area contributed by atoms with Gasteiger partial charge in [-0.05, 0) is 29.3 Å². The third-order valence-corrected chi connectivity index (χ3v) is 3.26. The summed E-state index contributed by atoms with van der Waals surface area (Å²) in [4.78, 5) is 0. The molecule has 2 rings (SSSR count). The highest BCUT2D eigenvalue weighted by atomic mass is 16.5. The molecule has 0 saturated heterocycles. The van der Waals surface area contributed by atoms with Crippen LogP contribution in [0, 0.1) is 0 Å². The molecule has 0 fully saturated rings. The number of ether oxygens (including phenoxy) is 3. The number of hydrogen-bond acceptors (Lipinski definition) is 4. The molecule has 0 unspecified atom stereocenters. The number of phenolic OH excluding ortho intramolecular Hbond substituents is 1. The molecule has 0 aliphatic rings. The molecule has 0 heterocycles. The van der Waals surface area contributed by atoms with Gasteiger partial charge in [-0.15, -0.1) is 0 Å². The van der Waals surface area contributed by atoms with Crippen molar-refractivity contribution < 1.29 is 19.3 Å². The Kier molecular flexibility index (Phi) is 4.38. The van der Waals surface area contributed by atoms with E-state index in [9.17, 15) is 5.11 Å². The summed E-state index contributed by atoms with van der Waals surface area (Å²) in [5, 5.41) is 9.89. The van der Waals surface area contributed by atoms with Gasteiger partial charge in [0, 0.05) is 5.56 Å². The Hall–Kier alpha value is -2.62. The van der Waals surface area contributed by atoms with Gasteiger partial charge >= 0.3 is 0 Å². The van der Waals surface area contributed by atoms with Crippen LogP contribution in [0.5, 0.6) is 23.0 Å². The van der Waals surface area contributed by atoms with Crippen LogP contribution in [0.2, 0.25) is 0 Å². The van der Waals surface area contributed by atoms with Gasteiger partial charge in [0.15, 0.2) is 23.0 Å². The molecule has 0 aliphatic carbocycles. The average Bonchev–Trinajstić information content (AvgIpc) is 2.53. The van der Waals surface area contributed by atoms with E-state index >= 15 is 0 Å². The Balaban J connectivity index is 2.47. The van der Waals surface area contributed by atoms with Crippen molar-refractivity contribution >= 4 is 5.57 Å². The Morgan fingerprint density at radius 3 is 2.24 bits per heavy atom. The first kappa shape index (κ1) is 14.8. The van der Waals surface area contributed by atoms with E-state index in [4.69, 9.17) is 14.2 Å². The van der Waals surface area contributed by atoms with Crippen molar-refractivity contribution in [2.75, 3.05) is 21.3 Å². The Morgan fingerprint density at radius 2 is 1.67 bits per heavy atom. The third kappa shape index (κ3) is 2.79. The lowest BCUT2D eigenvalue weighted by atomic mass is 9.98. The van der Waals surface area contributed by atoms with Gasteiger partial charge in [-0.1, -0.05) is 24.8 Å². The highest BCUT2D eigenvalue weighted by molar-refractivity contribution is 5.83. The first-order valence-corrected chi connectivity index (χ1v) is 6.40. The van der Waals surface area contributed by atoms with Crippen LogP contribution in [0.15, 0.2) is 43.0 Å². The molecule has 0 bridgehead atoms. The van der Waals surface area contributed by atoms with Gasteiger partial charge in [-0.25, -0.2) is 0 Å². The van der Waals surface area contributed by atoms with Crippen LogP contribution in [0.25, 0.3) is 5.57 Å². The summed E-state index contributed by atoms with van der Waals surface area (Å²) in [7, 11) is 4.68. The van der Waals surface area contributed by atoms with E-state index in [0.29, 0.717) is 17.2 Å². The second-order valence-electron chi connectivity index (χ2n) is 4.41. The van der Waals surface area contributed by atoms with E-state index in [0.717, 1.165) is 16.7 Å². The zero-order chi connectivity index (χ0) is 15.4. The SMILES string of the molecule is C=C(c1ccc(OC)c(O)c1)c1cccc(OC)c1OC. The Bertz CT molecular complexity index is 662. The fourth-order valence-electron chi connectivity index (χ4n) is 2.16. The summed E-state index contributed by atoms with van der Waals surface area (Å²) in [6.07, 6.45) is 0. The van der Waals surface area contributed by atoms with E-state index in [1.807, 2.05) is 24.3 Å². The first-order valence-electron chi connectivity index (χ1n) is 6.40. The zero-order valence-electron chi connectivity index (χ0n) is 12.3. The summed E-state index contributed by atoms with van der Waals surface area (Å²) in [5.41, 5.74) is 2.31. The molecule has 0 spiro atoms. The van der Waals surface area contributed by atoms with Gasteiger partial charge < -0.3 is 19.3 Å². The minimum Gasteiger partial charge on any atom is -0.504 e. The van der Waals surface area contributed by atoms with E-state index in [2.05, 4.69) is 6.58 Å². The highest BCUT2D eigenvalue weighted by Gasteiger charge is 2.14. The van der Waals surface area contributed by atoms with E-state index < -0.39 is 0 Å². The molecule has 0 saturated carbocycles. The predicted octanol–water partition coefficient (Wildman–Crippen LogP) is 3.48. The van der Waals surface area contributed by atoms with Gasteiger partial charge in [0.1, 0.15) is 0 Å². The molecule has 0 radical (unpaired) electrons. The van der Waals surface area contributed by atoms with Crippen molar-refractivity contribution in [1.82, 2.24) is 0 Å². The van der Waals surface area contributed by atoms with Crippen LogP contribution in [-0.4, -0.2) is 26.4 Å². The van der Waals surface area contributed by atoms with Gasteiger partial charge in [-0.3, -0.25) is 0 Å². The van der Waals surface area contributed by atoms with Crippen molar-refractivity contribution in [3.63, 3.8) is 0 Å². The number of para-hydroxylation sites is 1. The van der Waals surface area contributed by atoms with E-state index in [1.54, 1.807) is 26.4 Å². The molecule has 0 amide bonds. The fraction of sp³-hybridized carbons (Fsp3) is 0.176. The number of phenols is 1. The molecule has 2 aromatic carbocycles. The molecule has 1 N–H and O–H groups in total. The molecule has 2 aromatic rings. The molecule has 110 valence electrons. The maximum Gasteiger partial charge on any atom is 0.168 e. The number of rotatable bonds is 5. The quantitative estimate of drug-likeness (QED) is 0.914. The lowest BCUT2D eigenvalue weighted by Crippen LogP contribution is -1.96. The first-order chi connectivity index (χ1) is 10.1. The van der Waals surface area contributed by atoms with Gasteiger partial charge in [0.25, 0.3) is 0 Å². The average molecular weight is 286 g/mol. The van der Waals surface area contributed by atoms with Crippen molar-refractivity contribution in [3.05, 3.63) is 54.1 Å². The van der Waals surface area contributed by atoms with Crippen molar-refractivity contribution in [2.45, 2.75) is 0 Å². The molecule has 4 heteroatoms. The van der Waals surface area contributed by atoms with Crippen LogP contribution in [-0.2, 0) is 0 Å². The topological polar surface area (TPSA) is 47.9 Å². The Labute approximate surface area is 124 Å². The van der Waals surface area contributed by atoms with Crippen molar-refractivity contribution in [2.24, 2.45) is 0 Å². The predicted molar refractivity (Wildman–Crippen MR) is 82.3 cm³/mol. The summed E-state index contributed by atoms with van der Waals surface area (Å²) in [6.45, 7) is 4.09. The summed E-state index contributed by atoms with van der Waals surface area (Å²) < 4.78 is 15.7. The van der Waals surface area contributed by atoms with Crippen LogP contribution < -0.4 is 14.2 Å². The molecule has 21 heavy (non-hydrogen) atoms. The number of benzene rings is 2. The zero-order valence-corrected chi connectivity index (χ0v) is 12.3. The minimum atomic E-state index is 0.0676. The molecule has 0 aromatic heterocycles. The summed E-state index contributed by atoms with van der Waals surface area (Å²) in [6, 6.07) is 10.7. The van der Waals surface area contributed by atoms with Crippen molar-refractivity contribution in [3.8, 4) is 23.0 Å². The van der Waals surface area contributed by atoms with Crippen LogP contribution >= 0.6 is 0 Å². The van der Waals surface area contributed by atoms with E-state index in [-0.39, 0.29) is 5.75 Å². The molecule has 0 atom stereocenters. The number of hydrogen-bond donors (Lipinski definition) is 1. The molecular weight excluding hydrogens is 268 g/mol. The van der Waals surface area contributed by atoms with Crippen LogP contribution in [0.1, 0.15) is 11.1 Å². The third-order valence-electron chi connectivity index (χ3n) is 3.26. The molecule has 0 aliphatic heterocycles. The second kappa shape index (κ2) is 6.22. The normalized spacial score (nSPS) is 10.0. The minimum absolute atomic E-state index is 0.0676. The monoisotopic (exact) mass is 286 g/mol. The number of aromatic hydroxyl groups is 1. The summed E-state index contributed by atoms with van der Waals surface area (Å²) >= 11 is 0. The van der Waals surface area contributed by atoms with Crippen molar-refractivity contribution in [1.29, 1.82) is 0 Å². The van der Waals surface area contributed by atoms with Gasteiger partial charge in [-0.2, -0.15) is 0 Å². The lowest BCUT2D eigenvalue weighted by Gasteiger charge is -2.15. The van der Waals surface area contributed by atoms with E-state index in [1.165, 1.54) is 7.11 Å². The number of methoxy groups -OCH3 is 3. The summed E-state index contributed by atoms with van der Waals surface area (Å²) in [5.74, 6) is 1.73. The highest BCUT2D eigenvalue weighted by Crippen LogP contribution is 2.38. The standard InChI is InChI=1S/C17H18O4/c1-11(12-8-9-15(19-2)14(18)10-12)13-6-5-7-16(20-3)17(13)21-4/h5-10,18H,1H2,2-4H3. The fourth-order valence-corrected chi connectivity index (χ4v) is 2.16. The van der Waals surface area contributed by atoms with Gasteiger partial charge in [0.05, 0.1) is 21.3 Å². The van der Waals surface area contributed by atoms with Crippen LogP contribution in [0.3, 0.4) is 0 Å². The van der Waals surface area contributed by atoms with Gasteiger partial charge in [0.2, 0.25) is 0 Å². The smallest absolute Gasteiger partial charge is 0.168 e. The molecule has 4 nitrogen and oxygen atoms in total. The van der Waals surface area contributed by atoms with Crippen LogP contribution in [0.4, 0.5) is 0 Å². The largest absolute Gasteiger partial charge is 0.504 e. The lowest BCUT2D eigenvalue weighted by molar-refractivity contribution is 0.354. The molecular formula is C17H18O4.